The van der Waals surface area contributed by atoms with E-state index in [0.29, 0.717) is 17.1 Å². The molecule has 2 amide bonds. The molecule has 40 heavy (non-hydrogen) atoms. The van der Waals surface area contributed by atoms with Crippen LogP contribution >= 0.6 is 0 Å². The van der Waals surface area contributed by atoms with Gasteiger partial charge in [-0.15, -0.1) is 0 Å². The van der Waals surface area contributed by atoms with Crippen molar-refractivity contribution in [1.82, 2.24) is 15.3 Å². The first-order chi connectivity index (χ1) is 19.3. The summed E-state index contributed by atoms with van der Waals surface area (Å²) in [5, 5.41) is 6.13. The first-order valence-corrected chi connectivity index (χ1v) is 13.2. The lowest BCUT2D eigenvalue weighted by Crippen LogP contribution is -2.51. The van der Waals surface area contributed by atoms with Crippen molar-refractivity contribution < 1.29 is 19.1 Å². The zero-order chi connectivity index (χ0) is 28.6. The quantitative estimate of drug-likeness (QED) is 0.258. The maximum atomic E-state index is 12.5. The molecule has 3 aromatic rings. The third-order valence-corrected chi connectivity index (χ3v) is 7.22. The molecule has 208 valence electrons. The number of benzene rings is 2. The highest BCUT2D eigenvalue weighted by Crippen LogP contribution is 2.31. The van der Waals surface area contributed by atoms with Gasteiger partial charge >= 0.3 is 5.97 Å². The summed E-state index contributed by atoms with van der Waals surface area (Å²) >= 11 is 0. The number of nitrogens with zero attached hydrogens (tertiary/aromatic N) is 3. The fraction of sp³-hybridized carbons (Fsp3) is 0.300. The maximum Gasteiger partial charge on any atom is 0.338 e. The number of carbonyl (C=O) groups is 3. The Kier molecular flexibility index (Phi) is 9.11. The van der Waals surface area contributed by atoms with Crippen molar-refractivity contribution in [3.05, 3.63) is 90.3 Å². The number of primary amides is 1. The van der Waals surface area contributed by atoms with Crippen LogP contribution in [0.2, 0.25) is 0 Å². The second kappa shape index (κ2) is 12.9. The van der Waals surface area contributed by atoms with Crippen LogP contribution in [0.1, 0.15) is 52.6 Å². The minimum Gasteiger partial charge on any atom is -0.457 e. The van der Waals surface area contributed by atoms with Gasteiger partial charge in [0.2, 0.25) is 5.91 Å². The number of nitrogens with two attached hydrogens (primary N) is 1. The molecule has 1 fully saturated rings. The largest absolute Gasteiger partial charge is 0.457 e. The fourth-order valence-corrected chi connectivity index (χ4v) is 4.95. The summed E-state index contributed by atoms with van der Waals surface area (Å²) in [5.41, 5.74) is 7.45. The van der Waals surface area contributed by atoms with Crippen molar-refractivity contribution in [2.24, 2.45) is 11.7 Å². The van der Waals surface area contributed by atoms with Crippen LogP contribution in [0.15, 0.2) is 73.4 Å². The van der Waals surface area contributed by atoms with Crippen LogP contribution in [-0.4, -0.2) is 46.9 Å². The van der Waals surface area contributed by atoms with Crippen molar-refractivity contribution in [1.29, 1.82) is 0 Å². The van der Waals surface area contributed by atoms with Crippen LogP contribution in [0, 0.1) is 5.92 Å². The number of ether oxygens (including phenoxy) is 1. The first-order valence-electron chi connectivity index (χ1n) is 13.2. The minimum atomic E-state index is -0.719. The predicted molar refractivity (Wildman–Crippen MR) is 153 cm³/mol. The molecular formula is C30H34N6O4. The summed E-state index contributed by atoms with van der Waals surface area (Å²) in [6.45, 7) is 5.83. The highest BCUT2D eigenvalue weighted by atomic mass is 16.5. The first kappa shape index (κ1) is 28.3. The van der Waals surface area contributed by atoms with E-state index in [0.717, 1.165) is 24.8 Å². The molecule has 0 radical (unpaired) electrons. The number of amides is 2. The van der Waals surface area contributed by atoms with Gasteiger partial charge in [0.25, 0.3) is 5.91 Å². The van der Waals surface area contributed by atoms with Crippen molar-refractivity contribution in [3.63, 3.8) is 0 Å². The number of anilines is 3. The summed E-state index contributed by atoms with van der Waals surface area (Å²) in [7, 11) is 1.92. The SMILES string of the molecule is C=CC(=O)NC1CCC[C@@H](N(C)c2cnc(C(N)=O)c(Nc3ccc(C(=O)OCc4ccccc4)cc3)n2)[C@H]1C. The number of carbonyl (C=O) groups excluding carboxylic acids is 3. The third kappa shape index (κ3) is 6.82. The smallest absolute Gasteiger partial charge is 0.338 e. The molecule has 4 N–H and O–H groups in total. The van der Waals surface area contributed by atoms with Gasteiger partial charge in [-0.2, -0.15) is 0 Å². The normalized spacial score (nSPS) is 18.3. The van der Waals surface area contributed by atoms with Crippen molar-refractivity contribution in [3.8, 4) is 0 Å². The molecule has 1 aliphatic rings. The van der Waals surface area contributed by atoms with Gasteiger partial charge in [0.15, 0.2) is 11.5 Å². The molecule has 0 saturated heterocycles. The second-order valence-electron chi connectivity index (χ2n) is 9.84. The van der Waals surface area contributed by atoms with Crippen LogP contribution in [0.5, 0.6) is 0 Å². The standard InChI is InChI=1S/C30H34N6O4/c1-4-26(37)34-23-11-8-12-24(19(23)2)36(3)25-17-32-27(28(31)38)29(35-25)33-22-15-13-21(14-16-22)30(39)40-18-20-9-6-5-7-10-20/h4-7,9-10,13-17,19,23-24H,1,8,11-12,18H2,2-3H3,(H2,31,38)(H,33,35)(H,34,37)/t19-,23?,24+/m0/s1. The van der Waals surface area contributed by atoms with Gasteiger partial charge in [-0.25, -0.2) is 14.8 Å². The molecule has 0 aliphatic heterocycles. The van der Waals surface area contributed by atoms with Crippen LogP contribution in [0.3, 0.4) is 0 Å². The molecule has 1 aromatic heterocycles. The van der Waals surface area contributed by atoms with E-state index < -0.39 is 11.9 Å². The Morgan fingerprint density at radius 3 is 2.52 bits per heavy atom. The molecule has 1 aliphatic carbocycles. The van der Waals surface area contributed by atoms with Crippen molar-refractivity contribution >= 4 is 35.1 Å². The molecule has 1 unspecified atom stereocenters. The maximum absolute atomic E-state index is 12.5. The Balaban J connectivity index is 1.48. The number of nitrogens with one attached hydrogen (secondary N) is 2. The Bertz CT molecular complexity index is 1360. The Labute approximate surface area is 233 Å². The van der Waals surface area contributed by atoms with Gasteiger partial charge in [0, 0.05) is 24.8 Å². The number of hydrogen-bond acceptors (Lipinski definition) is 8. The van der Waals surface area contributed by atoms with E-state index in [1.54, 1.807) is 24.3 Å². The Morgan fingerprint density at radius 1 is 1.12 bits per heavy atom. The van der Waals surface area contributed by atoms with Crippen LogP contribution < -0.4 is 21.3 Å². The molecule has 0 bridgehead atoms. The van der Waals surface area contributed by atoms with E-state index in [9.17, 15) is 14.4 Å². The van der Waals surface area contributed by atoms with Gasteiger partial charge in [-0.05, 0) is 61.1 Å². The summed E-state index contributed by atoms with van der Waals surface area (Å²) in [6, 6.07) is 16.2. The van der Waals surface area contributed by atoms with E-state index in [-0.39, 0.29) is 42.0 Å². The van der Waals surface area contributed by atoms with Gasteiger partial charge in [-0.3, -0.25) is 9.59 Å². The van der Waals surface area contributed by atoms with E-state index in [1.807, 2.05) is 42.3 Å². The molecule has 3 atom stereocenters. The average molecular weight is 543 g/mol. The lowest BCUT2D eigenvalue weighted by Gasteiger charge is -2.41. The summed E-state index contributed by atoms with van der Waals surface area (Å²) in [6.07, 6.45) is 5.56. The van der Waals surface area contributed by atoms with Crippen LogP contribution in [0.25, 0.3) is 0 Å². The van der Waals surface area contributed by atoms with Crippen molar-refractivity contribution in [2.75, 3.05) is 17.3 Å². The van der Waals surface area contributed by atoms with Gasteiger partial charge in [-0.1, -0.05) is 43.8 Å². The van der Waals surface area contributed by atoms with Crippen LogP contribution in [-0.2, 0) is 16.1 Å². The Morgan fingerprint density at radius 2 is 1.85 bits per heavy atom. The number of esters is 1. The monoisotopic (exact) mass is 542 g/mol. The summed E-state index contributed by atoms with van der Waals surface area (Å²) in [4.78, 5) is 47.5. The lowest BCUT2D eigenvalue weighted by atomic mass is 9.81. The number of rotatable bonds is 10. The molecule has 10 nitrogen and oxygen atoms in total. The van der Waals surface area contributed by atoms with E-state index in [4.69, 9.17) is 10.5 Å². The zero-order valence-electron chi connectivity index (χ0n) is 22.7. The van der Waals surface area contributed by atoms with Crippen molar-refractivity contribution in [2.45, 2.75) is 44.9 Å². The molecule has 2 aromatic carbocycles. The van der Waals surface area contributed by atoms with Gasteiger partial charge in [0.1, 0.15) is 12.4 Å². The lowest BCUT2D eigenvalue weighted by molar-refractivity contribution is -0.117. The molecular weight excluding hydrogens is 508 g/mol. The van der Waals surface area contributed by atoms with E-state index in [2.05, 4.69) is 34.1 Å². The highest BCUT2D eigenvalue weighted by molar-refractivity contribution is 5.96. The summed E-state index contributed by atoms with van der Waals surface area (Å²) in [5.74, 6) is -0.444. The molecule has 10 heteroatoms. The molecule has 0 spiro atoms. The Hall–Kier alpha value is -4.73. The fourth-order valence-electron chi connectivity index (χ4n) is 4.95. The minimum absolute atomic E-state index is 0.00341. The third-order valence-electron chi connectivity index (χ3n) is 7.22. The van der Waals surface area contributed by atoms with Crippen LogP contribution in [0.4, 0.5) is 17.3 Å². The van der Waals surface area contributed by atoms with Gasteiger partial charge in [0.05, 0.1) is 11.8 Å². The predicted octanol–water partition coefficient (Wildman–Crippen LogP) is 3.97. The highest BCUT2D eigenvalue weighted by Gasteiger charge is 2.34. The number of aromatic nitrogens is 2. The molecule has 4 rings (SSSR count). The molecule has 1 heterocycles. The second-order valence-corrected chi connectivity index (χ2v) is 9.84. The van der Waals surface area contributed by atoms with Gasteiger partial charge < -0.3 is 26.0 Å². The average Bonchev–Trinajstić information content (AvgIpc) is 2.97. The molecule has 1 saturated carbocycles. The topological polar surface area (TPSA) is 140 Å². The summed E-state index contributed by atoms with van der Waals surface area (Å²) < 4.78 is 5.39. The van der Waals surface area contributed by atoms with E-state index >= 15 is 0 Å². The van der Waals surface area contributed by atoms with E-state index in [1.165, 1.54) is 12.3 Å². The zero-order valence-corrected chi connectivity index (χ0v) is 22.7. The number of hydrogen-bond donors (Lipinski definition) is 3.